The quantitative estimate of drug-likeness (QED) is 0.729. The molecule has 2 aromatic heterocycles. The van der Waals surface area contributed by atoms with Crippen molar-refractivity contribution in [3.05, 3.63) is 47.4 Å². The van der Waals surface area contributed by atoms with E-state index in [1.54, 1.807) is 0 Å². The number of imidazole rings is 1. The summed E-state index contributed by atoms with van der Waals surface area (Å²) in [6, 6.07) is 9.62. The van der Waals surface area contributed by atoms with Gasteiger partial charge in [-0.05, 0) is 37.3 Å². The summed E-state index contributed by atoms with van der Waals surface area (Å²) in [6.07, 6.45) is 0. The molecule has 7 heteroatoms. The van der Waals surface area contributed by atoms with E-state index >= 15 is 0 Å². The molecule has 0 saturated carbocycles. The normalized spacial score (nSPS) is 14.9. The molecule has 1 saturated heterocycles. The molecule has 146 valence electrons. The number of rotatable bonds is 4. The third kappa shape index (κ3) is 3.69. The fourth-order valence-corrected chi connectivity index (χ4v) is 3.40. The summed E-state index contributed by atoms with van der Waals surface area (Å²) in [7, 11) is 0. The first-order valence-corrected chi connectivity index (χ1v) is 9.63. The molecule has 3 heterocycles. The molecule has 0 unspecified atom stereocenters. The summed E-state index contributed by atoms with van der Waals surface area (Å²) < 4.78 is 0. The molecular formula is C21H26N6O. The van der Waals surface area contributed by atoms with E-state index in [9.17, 15) is 4.79 Å². The monoisotopic (exact) mass is 378 g/mol. The number of hydrogen-bond acceptors (Lipinski definition) is 5. The number of H-pyrrole nitrogens is 1. The maximum atomic E-state index is 12.4. The molecular weight excluding hydrogens is 352 g/mol. The van der Waals surface area contributed by atoms with Crippen molar-refractivity contribution in [3.8, 4) is 0 Å². The molecule has 2 N–H and O–H groups in total. The molecule has 0 atom stereocenters. The lowest BCUT2D eigenvalue weighted by Crippen LogP contribution is -2.52. The lowest BCUT2D eigenvalue weighted by Gasteiger charge is -2.40. The highest BCUT2D eigenvalue weighted by Gasteiger charge is 2.28. The first kappa shape index (κ1) is 18.4. The Morgan fingerprint density at radius 1 is 1.21 bits per heavy atom. The molecule has 28 heavy (non-hydrogen) atoms. The number of nitrogens with zero attached hydrogens (tertiary/aromatic N) is 4. The van der Waals surface area contributed by atoms with Crippen molar-refractivity contribution in [3.63, 3.8) is 0 Å². The third-order valence-corrected chi connectivity index (χ3v) is 5.11. The van der Waals surface area contributed by atoms with Crippen LogP contribution in [0.4, 0.5) is 5.82 Å². The minimum atomic E-state index is -0.0538. The van der Waals surface area contributed by atoms with Crippen molar-refractivity contribution in [2.45, 2.75) is 33.1 Å². The topological polar surface area (TPSA) is 86.8 Å². The highest BCUT2D eigenvalue weighted by atomic mass is 16.1. The highest BCUT2D eigenvalue weighted by molar-refractivity contribution is 5.97. The Hall–Kier alpha value is -2.96. The molecule has 4 rings (SSSR count). The van der Waals surface area contributed by atoms with Crippen molar-refractivity contribution in [2.75, 3.05) is 24.5 Å². The molecule has 0 bridgehead atoms. The number of amides is 1. The smallest absolute Gasteiger partial charge is 0.251 e. The number of aromatic amines is 1. The minimum Gasteiger partial charge on any atom is -0.354 e. The van der Waals surface area contributed by atoms with Crippen molar-refractivity contribution in [1.82, 2.24) is 25.5 Å². The highest BCUT2D eigenvalue weighted by Crippen LogP contribution is 2.25. The van der Waals surface area contributed by atoms with Gasteiger partial charge in [0.2, 0.25) is 0 Å². The molecule has 1 aromatic carbocycles. The van der Waals surface area contributed by atoms with E-state index in [-0.39, 0.29) is 11.3 Å². The molecule has 7 nitrogen and oxygen atoms in total. The van der Waals surface area contributed by atoms with Crippen LogP contribution in [0.25, 0.3) is 11.0 Å². The van der Waals surface area contributed by atoms with Crippen LogP contribution in [-0.2, 0) is 5.41 Å². The van der Waals surface area contributed by atoms with Gasteiger partial charge in [-0.15, -0.1) is 5.10 Å². The summed E-state index contributed by atoms with van der Waals surface area (Å²) in [5.41, 5.74) is 3.41. The van der Waals surface area contributed by atoms with E-state index in [2.05, 4.69) is 51.2 Å². The molecule has 3 aromatic rings. The summed E-state index contributed by atoms with van der Waals surface area (Å²) in [5, 5.41) is 11.7. The molecule has 1 aliphatic rings. The van der Waals surface area contributed by atoms with E-state index < -0.39 is 0 Å². The standard InChI is InChI=1S/C21H26N6O/c1-13-23-16-6-5-15(9-17(16)24-13)20(28)22-10-14-11-27(12-14)19-8-7-18(25-26-19)21(2,3)4/h5-9,14H,10-12H2,1-4H3,(H,22,28)(H,23,24). The number of carbonyl (C=O) groups is 1. The first-order valence-electron chi connectivity index (χ1n) is 9.63. The molecule has 0 radical (unpaired) electrons. The van der Waals surface area contributed by atoms with Crippen LogP contribution in [0.3, 0.4) is 0 Å². The van der Waals surface area contributed by atoms with Gasteiger partial charge in [-0.1, -0.05) is 20.8 Å². The second-order valence-electron chi connectivity index (χ2n) is 8.56. The third-order valence-electron chi connectivity index (χ3n) is 5.11. The predicted octanol–water partition coefficient (Wildman–Crippen LogP) is 2.83. The Labute approximate surface area is 164 Å². The number of fused-ring (bicyclic) bond motifs is 1. The first-order chi connectivity index (χ1) is 13.3. The lowest BCUT2D eigenvalue weighted by molar-refractivity contribution is 0.0944. The van der Waals surface area contributed by atoms with Gasteiger partial charge in [0.1, 0.15) is 5.82 Å². The predicted molar refractivity (Wildman–Crippen MR) is 110 cm³/mol. The fraction of sp³-hybridized carbons (Fsp3) is 0.429. The van der Waals surface area contributed by atoms with E-state index in [0.717, 1.165) is 41.5 Å². The maximum absolute atomic E-state index is 12.4. The van der Waals surface area contributed by atoms with Gasteiger partial charge < -0.3 is 15.2 Å². The molecule has 1 fully saturated rings. The lowest BCUT2D eigenvalue weighted by atomic mass is 9.92. The van der Waals surface area contributed by atoms with Gasteiger partial charge in [0.05, 0.1) is 16.7 Å². The van der Waals surface area contributed by atoms with Gasteiger partial charge in [-0.3, -0.25) is 4.79 Å². The Morgan fingerprint density at radius 3 is 2.68 bits per heavy atom. The van der Waals surface area contributed by atoms with Gasteiger partial charge >= 0.3 is 0 Å². The van der Waals surface area contributed by atoms with Crippen molar-refractivity contribution in [2.24, 2.45) is 5.92 Å². The van der Waals surface area contributed by atoms with Gasteiger partial charge in [-0.2, -0.15) is 5.10 Å². The number of benzene rings is 1. The van der Waals surface area contributed by atoms with Gasteiger partial charge in [0.25, 0.3) is 5.91 Å². The van der Waals surface area contributed by atoms with Gasteiger partial charge in [0.15, 0.2) is 5.82 Å². The van der Waals surface area contributed by atoms with Crippen molar-refractivity contribution in [1.29, 1.82) is 0 Å². The van der Waals surface area contributed by atoms with Crippen LogP contribution >= 0.6 is 0 Å². The Kier molecular flexibility index (Phi) is 4.53. The van der Waals surface area contributed by atoms with E-state index in [0.29, 0.717) is 18.0 Å². The number of nitrogens with one attached hydrogen (secondary N) is 2. The largest absolute Gasteiger partial charge is 0.354 e. The van der Waals surface area contributed by atoms with Gasteiger partial charge in [-0.25, -0.2) is 4.98 Å². The van der Waals surface area contributed by atoms with Crippen LogP contribution in [0.2, 0.25) is 0 Å². The fourth-order valence-electron chi connectivity index (χ4n) is 3.40. The van der Waals surface area contributed by atoms with Crippen LogP contribution in [0.1, 0.15) is 42.6 Å². The van der Waals surface area contributed by atoms with Gasteiger partial charge in [0, 0.05) is 36.5 Å². The molecule has 1 aliphatic heterocycles. The number of aromatic nitrogens is 4. The maximum Gasteiger partial charge on any atom is 0.251 e. The Morgan fingerprint density at radius 2 is 2.00 bits per heavy atom. The molecule has 0 spiro atoms. The molecule has 1 amide bonds. The van der Waals surface area contributed by atoms with E-state index in [1.165, 1.54) is 0 Å². The SMILES string of the molecule is Cc1nc2ccc(C(=O)NCC3CN(c4ccc(C(C)(C)C)nn4)C3)cc2[nH]1. The van der Waals surface area contributed by atoms with Crippen molar-refractivity contribution >= 4 is 22.8 Å². The number of carbonyl (C=O) groups excluding carboxylic acids is 1. The van der Waals surface area contributed by atoms with E-state index in [4.69, 9.17) is 0 Å². The summed E-state index contributed by atoms with van der Waals surface area (Å²) >= 11 is 0. The van der Waals surface area contributed by atoms with Crippen molar-refractivity contribution < 1.29 is 4.79 Å². The number of aryl methyl sites for hydroxylation is 1. The zero-order valence-corrected chi connectivity index (χ0v) is 16.8. The summed E-state index contributed by atoms with van der Waals surface area (Å²) in [4.78, 5) is 22.2. The van der Waals surface area contributed by atoms with Crippen LogP contribution < -0.4 is 10.2 Å². The average Bonchev–Trinajstić information content (AvgIpc) is 2.99. The Bertz CT molecular complexity index is 996. The van der Waals surface area contributed by atoms with Crippen LogP contribution in [-0.4, -0.2) is 45.7 Å². The van der Waals surface area contributed by atoms with Crippen LogP contribution in [0.15, 0.2) is 30.3 Å². The second-order valence-corrected chi connectivity index (χ2v) is 8.56. The average molecular weight is 378 g/mol. The summed E-state index contributed by atoms with van der Waals surface area (Å²) in [6.45, 7) is 10.7. The number of hydrogen-bond donors (Lipinski definition) is 2. The minimum absolute atomic E-state index is 0.00515. The number of anilines is 1. The Balaban J connectivity index is 1.29. The summed E-state index contributed by atoms with van der Waals surface area (Å²) in [5.74, 6) is 2.12. The second kappa shape index (κ2) is 6.89. The van der Waals surface area contributed by atoms with Crippen LogP contribution in [0, 0.1) is 12.8 Å². The van der Waals surface area contributed by atoms with Crippen LogP contribution in [0.5, 0.6) is 0 Å². The zero-order chi connectivity index (χ0) is 19.9. The zero-order valence-electron chi connectivity index (χ0n) is 16.8. The van der Waals surface area contributed by atoms with E-state index in [1.807, 2.05) is 37.3 Å². The molecule has 0 aliphatic carbocycles.